The molecule has 0 heterocycles. The fraction of sp³-hybridized carbons (Fsp3) is 0.588. The number of nitrogens with one attached hydrogen (secondary N) is 1. The van der Waals surface area contributed by atoms with Gasteiger partial charge in [0.2, 0.25) is 0 Å². The summed E-state index contributed by atoms with van der Waals surface area (Å²) in [5.74, 6) is 1.13. The van der Waals surface area contributed by atoms with E-state index in [-0.39, 0.29) is 11.8 Å². The molecule has 1 saturated carbocycles. The van der Waals surface area contributed by atoms with Crippen LogP contribution in [0.4, 0.5) is 0 Å². The lowest BCUT2D eigenvalue weighted by Gasteiger charge is -2.26. The van der Waals surface area contributed by atoms with Crippen molar-refractivity contribution in [2.45, 2.75) is 50.0 Å². The van der Waals surface area contributed by atoms with Gasteiger partial charge in [-0.15, -0.1) is 23.2 Å². The van der Waals surface area contributed by atoms with Crippen molar-refractivity contribution >= 4 is 29.1 Å². The first kappa shape index (κ1) is 17.4. The van der Waals surface area contributed by atoms with Crippen LogP contribution in [-0.4, -0.2) is 22.4 Å². The number of hydrogen-bond acceptors (Lipinski definition) is 2. The zero-order valence-electron chi connectivity index (χ0n) is 13.5. The van der Waals surface area contributed by atoms with E-state index < -0.39 is 9.93 Å². The molecule has 1 fully saturated rings. The summed E-state index contributed by atoms with van der Waals surface area (Å²) in [6.07, 6.45) is 0.777. The van der Waals surface area contributed by atoms with E-state index in [1.807, 2.05) is 24.3 Å². The summed E-state index contributed by atoms with van der Waals surface area (Å²) in [5, 5.41) is 2.89. The summed E-state index contributed by atoms with van der Waals surface area (Å²) in [4.78, 5) is 12.2. The molecule has 1 aliphatic rings. The van der Waals surface area contributed by atoms with Crippen LogP contribution < -0.4 is 10.1 Å². The minimum absolute atomic E-state index is 0.118. The standard InChI is InChI=1S/C17H23Cl2NO2/c1-11(2)10-20-15(21)16(3,4)22-13-7-5-12(6-8-13)14-9-17(14,18)19/h5-8,11,14H,9-10H2,1-4H3,(H,20,21)/t14-/m1/s1. The summed E-state index contributed by atoms with van der Waals surface area (Å²) in [6.45, 7) is 8.27. The van der Waals surface area contributed by atoms with E-state index in [2.05, 4.69) is 19.2 Å². The van der Waals surface area contributed by atoms with Gasteiger partial charge in [0.05, 0.1) is 0 Å². The van der Waals surface area contributed by atoms with Gasteiger partial charge >= 0.3 is 0 Å². The molecule has 3 nitrogen and oxygen atoms in total. The molecule has 1 N–H and O–H groups in total. The Balaban J connectivity index is 1.96. The maximum atomic E-state index is 12.2. The van der Waals surface area contributed by atoms with Crippen LogP contribution in [0.5, 0.6) is 5.75 Å². The molecule has 122 valence electrons. The van der Waals surface area contributed by atoms with Crippen LogP contribution in [0.3, 0.4) is 0 Å². The van der Waals surface area contributed by atoms with Crippen LogP contribution in [-0.2, 0) is 4.79 Å². The maximum absolute atomic E-state index is 12.2. The molecule has 0 bridgehead atoms. The third kappa shape index (κ3) is 4.30. The lowest BCUT2D eigenvalue weighted by molar-refractivity contribution is -0.134. The topological polar surface area (TPSA) is 38.3 Å². The molecule has 5 heteroatoms. The van der Waals surface area contributed by atoms with Crippen LogP contribution in [0, 0.1) is 5.92 Å². The first-order valence-electron chi connectivity index (χ1n) is 7.57. The number of halogens is 2. The monoisotopic (exact) mass is 343 g/mol. The number of amides is 1. The molecule has 0 radical (unpaired) electrons. The molecule has 0 saturated heterocycles. The third-order valence-corrected chi connectivity index (χ3v) is 4.53. The van der Waals surface area contributed by atoms with Crippen LogP contribution in [0.2, 0.25) is 0 Å². The van der Waals surface area contributed by atoms with Crippen molar-refractivity contribution in [2.24, 2.45) is 5.92 Å². The van der Waals surface area contributed by atoms with E-state index in [1.54, 1.807) is 13.8 Å². The fourth-order valence-electron chi connectivity index (χ4n) is 2.19. The molecule has 2 rings (SSSR count). The Morgan fingerprint density at radius 3 is 2.36 bits per heavy atom. The highest BCUT2D eigenvalue weighted by Gasteiger charge is 2.52. The lowest BCUT2D eigenvalue weighted by Crippen LogP contribution is -2.47. The SMILES string of the molecule is CC(C)CNC(=O)C(C)(C)Oc1ccc([C@H]2CC2(Cl)Cl)cc1. The molecule has 22 heavy (non-hydrogen) atoms. The highest BCUT2D eigenvalue weighted by atomic mass is 35.5. The minimum atomic E-state index is -0.918. The van der Waals surface area contributed by atoms with E-state index in [4.69, 9.17) is 27.9 Å². The zero-order chi connectivity index (χ0) is 16.5. The van der Waals surface area contributed by atoms with E-state index in [1.165, 1.54) is 0 Å². The van der Waals surface area contributed by atoms with Gasteiger partial charge in [-0.2, -0.15) is 0 Å². The van der Waals surface area contributed by atoms with Gasteiger partial charge in [0.15, 0.2) is 5.60 Å². The van der Waals surface area contributed by atoms with Gasteiger partial charge in [0.1, 0.15) is 10.1 Å². The molecular weight excluding hydrogens is 321 g/mol. The Kier molecular flexibility index (Phi) is 4.98. The lowest BCUT2D eigenvalue weighted by atomic mass is 10.1. The van der Waals surface area contributed by atoms with Gasteiger partial charge in [-0.25, -0.2) is 0 Å². The average molecular weight is 344 g/mol. The molecule has 0 spiro atoms. The van der Waals surface area contributed by atoms with Crippen molar-refractivity contribution < 1.29 is 9.53 Å². The summed E-state index contributed by atoms with van der Waals surface area (Å²) in [7, 11) is 0. The molecule has 0 unspecified atom stereocenters. The van der Waals surface area contributed by atoms with Crippen LogP contribution in [0.1, 0.15) is 45.6 Å². The van der Waals surface area contributed by atoms with E-state index in [0.29, 0.717) is 18.2 Å². The zero-order valence-corrected chi connectivity index (χ0v) is 15.0. The Labute approximate surface area is 142 Å². The van der Waals surface area contributed by atoms with Gasteiger partial charge in [0.25, 0.3) is 5.91 Å². The second-order valence-corrected chi connectivity index (χ2v) is 8.35. The van der Waals surface area contributed by atoms with Crippen molar-refractivity contribution in [3.8, 4) is 5.75 Å². The van der Waals surface area contributed by atoms with Crippen molar-refractivity contribution in [2.75, 3.05) is 6.54 Å². The second kappa shape index (κ2) is 6.29. The van der Waals surface area contributed by atoms with Gasteiger partial charge in [0, 0.05) is 12.5 Å². The smallest absolute Gasteiger partial charge is 0.263 e. The number of benzene rings is 1. The summed E-state index contributed by atoms with van der Waals surface area (Å²) >= 11 is 12.1. The largest absolute Gasteiger partial charge is 0.478 e. The fourth-order valence-corrected chi connectivity index (χ4v) is 2.75. The quantitative estimate of drug-likeness (QED) is 0.783. The predicted octanol–water partition coefficient (Wildman–Crippen LogP) is 4.28. The third-order valence-electron chi connectivity index (χ3n) is 3.70. The van der Waals surface area contributed by atoms with Crippen molar-refractivity contribution in [1.82, 2.24) is 5.32 Å². The number of hydrogen-bond donors (Lipinski definition) is 1. The van der Waals surface area contributed by atoms with E-state index >= 15 is 0 Å². The van der Waals surface area contributed by atoms with Gasteiger partial charge < -0.3 is 10.1 Å². The number of carbonyl (C=O) groups is 1. The molecule has 1 amide bonds. The van der Waals surface area contributed by atoms with E-state index in [0.717, 1.165) is 12.0 Å². The normalized spacial score (nSPS) is 19.9. The maximum Gasteiger partial charge on any atom is 0.263 e. The van der Waals surface area contributed by atoms with Gasteiger partial charge in [-0.05, 0) is 43.9 Å². The molecule has 1 atom stereocenters. The van der Waals surface area contributed by atoms with Crippen molar-refractivity contribution in [3.63, 3.8) is 0 Å². The van der Waals surface area contributed by atoms with Crippen LogP contribution >= 0.6 is 23.2 Å². The number of rotatable bonds is 6. The van der Waals surface area contributed by atoms with E-state index in [9.17, 15) is 4.79 Å². The Hall–Kier alpha value is -0.930. The minimum Gasteiger partial charge on any atom is -0.478 e. The summed E-state index contributed by atoms with van der Waals surface area (Å²) < 4.78 is 5.20. The highest BCUT2D eigenvalue weighted by molar-refractivity contribution is 6.51. The van der Waals surface area contributed by atoms with Crippen LogP contribution in [0.25, 0.3) is 0 Å². The molecule has 1 aromatic rings. The van der Waals surface area contributed by atoms with Gasteiger partial charge in [-0.1, -0.05) is 26.0 Å². The Bertz CT molecular complexity index is 538. The Morgan fingerprint density at radius 1 is 1.36 bits per heavy atom. The van der Waals surface area contributed by atoms with Crippen molar-refractivity contribution in [1.29, 1.82) is 0 Å². The highest BCUT2D eigenvalue weighted by Crippen LogP contribution is 2.59. The first-order chi connectivity index (χ1) is 10.1. The predicted molar refractivity (Wildman–Crippen MR) is 90.8 cm³/mol. The molecule has 0 aromatic heterocycles. The molecule has 1 aromatic carbocycles. The van der Waals surface area contributed by atoms with Crippen LogP contribution in [0.15, 0.2) is 24.3 Å². The first-order valence-corrected chi connectivity index (χ1v) is 8.32. The number of alkyl halides is 2. The number of ether oxygens (including phenoxy) is 1. The number of carbonyl (C=O) groups excluding carboxylic acids is 1. The molecule has 0 aliphatic heterocycles. The van der Waals surface area contributed by atoms with Crippen molar-refractivity contribution in [3.05, 3.63) is 29.8 Å². The summed E-state index contributed by atoms with van der Waals surface area (Å²) in [5.41, 5.74) is 0.179. The second-order valence-electron chi connectivity index (χ2n) is 6.80. The molecular formula is C17H23Cl2NO2. The summed E-state index contributed by atoms with van der Waals surface area (Å²) in [6, 6.07) is 7.62. The average Bonchev–Trinajstić information content (AvgIpc) is 3.05. The molecule has 1 aliphatic carbocycles. The Morgan fingerprint density at radius 2 is 1.91 bits per heavy atom. The van der Waals surface area contributed by atoms with Gasteiger partial charge in [-0.3, -0.25) is 4.79 Å².